The molecule has 0 saturated heterocycles. The van der Waals surface area contributed by atoms with E-state index in [1.54, 1.807) is 12.3 Å². The van der Waals surface area contributed by atoms with Gasteiger partial charge in [0.05, 0.1) is 21.7 Å². The number of rotatable bonds is 2. The molecule has 1 fully saturated rings. The van der Waals surface area contributed by atoms with E-state index in [1.165, 1.54) is 12.1 Å². The standard InChI is InChI=1S/C22H20N2O4S/c1-13-11-18-17-12-14(22(25)28-15-5-2-3-6-15)8-9-19(17)29(26,27)24-21(18)20-16(13)7-4-10-23-20/h4,7-12,15,24H,2-3,5-6H2,1H3. The van der Waals surface area contributed by atoms with Crippen molar-refractivity contribution in [2.24, 2.45) is 0 Å². The summed E-state index contributed by atoms with van der Waals surface area (Å²) in [6, 6.07) is 10.3. The van der Waals surface area contributed by atoms with Crippen molar-refractivity contribution in [3.05, 3.63) is 53.7 Å². The molecule has 1 saturated carbocycles. The highest BCUT2D eigenvalue weighted by Crippen LogP contribution is 2.43. The Labute approximate surface area is 169 Å². The summed E-state index contributed by atoms with van der Waals surface area (Å²) < 4.78 is 34.0. The lowest BCUT2D eigenvalue weighted by atomic mass is 9.96. The molecular formula is C22H20N2O4S. The Morgan fingerprint density at radius 2 is 1.93 bits per heavy atom. The fraction of sp³-hybridized carbons (Fsp3) is 0.273. The number of fused-ring (bicyclic) bond motifs is 5. The molecule has 1 aliphatic carbocycles. The van der Waals surface area contributed by atoms with Crippen LogP contribution >= 0.6 is 0 Å². The summed E-state index contributed by atoms with van der Waals surface area (Å²) in [6.45, 7) is 1.96. The number of pyridine rings is 1. The average molecular weight is 408 g/mol. The first-order chi connectivity index (χ1) is 13.9. The second kappa shape index (κ2) is 6.56. The number of hydrogen-bond donors (Lipinski definition) is 1. The maximum Gasteiger partial charge on any atom is 0.338 e. The first-order valence-corrected chi connectivity index (χ1v) is 11.2. The van der Waals surface area contributed by atoms with E-state index in [1.807, 2.05) is 25.1 Å². The number of benzene rings is 2. The maximum atomic E-state index is 12.9. The third-order valence-corrected chi connectivity index (χ3v) is 7.11. The summed E-state index contributed by atoms with van der Waals surface area (Å²) in [5.74, 6) is -0.409. The molecule has 0 unspecified atom stereocenters. The molecule has 7 heteroatoms. The van der Waals surface area contributed by atoms with Crippen molar-refractivity contribution >= 4 is 32.6 Å². The number of nitrogens with one attached hydrogen (secondary N) is 1. The number of aryl methyl sites for hydroxylation is 1. The molecule has 6 nitrogen and oxygen atoms in total. The first-order valence-electron chi connectivity index (χ1n) is 9.70. The molecule has 1 aliphatic heterocycles. The third kappa shape index (κ3) is 2.97. The van der Waals surface area contributed by atoms with Crippen LogP contribution in [0, 0.1) is 6.92 Å². The minimum Gasteiger partial charge on any atom is -0.459 e. The highest BCUT2D eigenvalue weighted by atomic mass is 32.2. The lowest BCUT2D eigenvalue weighted by Gasteiger charge is -2.24. The van der Waals surface area contributed by atoms with Crippen LogP contribution in [-0.4, -0.2) is 25.5 Å². The van der Waals surface area contributed by atoms with Crippen LogP contribution in [-0.2, 0) is 14.8 Å². The van der Waals surface area contributed by atoms with Gasteiger partial charge in [-0.2, -0.15) is 0 Å². The summed E-state index contributed by atoms with van der Waals surface area (Å²) in [6.07, 6.45) is 5.49. The summed E-state index contributed by atoms with van der Waals surface area (Å²) in [7, 11) is -3.77. The minimum absolute atomic E-state index is 0.0494. The number of carbonyl (C=O) groups excluding carboxylic acids is 1. The van der Waals surface area contributed by atoms with Gasteiger partial charge in [0, 0.05) is 22.7 Å². The second-order valence-electron chi connectivity index (χ2n) is 7.64. The number of aromatic nitrogens is 1. The quantitative estimate of drug-likeness (QED) is 0.634. The zero-order valence-corrected chi connectivity index (χ0v) is 16.8. The number of carbonyl (C=O) groups is 1. The van der Waals surface area contributed by atoms with Gasteiger partial charge in [0.1, 0.15) is 6.10 Å². The maximum absolute atomic E-state index is 12.9. The molecule has 0 bridgehead atoms. The summed E-state index contributed by atoms with van der Waals surface area (Å²) in [5, 5.41) is 0.884. The summed E-state index contributed by atoms with van der Waals surface area (Å²) in [5.41, 5.74) is 3.59. The molecule has 0 spiro atoms. The minimum atomic E-state index is -3.77. The van der Waals surface area contributed by atoms with Crippen LogP contribution in [0.4, 0.5) is 5.69 Å². The number of esters is 1. The fourth-order valence-electron chi connectivity index (χ4n) is 4.25. The number of anilines is 1. The van der Waals surface area contributed by atoms with Gasteiger partial charge in [-0.25, -0.2) is 13.2 Å². The molecule has 5 rings (SSSR count). The predicted molar refractivity (Wildman–Crippen MR) is 110 cm³/mol. The summed E-state index contributed by atoms with van der Waals surface area (Å²) >= 11 is 0. The lowest BCUT2D eigenvalue weighted by Crippen LogP contribution is -2.20. The van der Waals surface area contributed by atoms with E-state index >= 15 is 0 Å². The van der Waals surface area contributed by atoms with Crippen LogP contribution in [0.5, 0.6) is 0 Å². The van der Waals surface area contributed by atoms with Crippen LogP contribution in [0.2, 0.25) is 0 Å². The predicted octanol–water partition coefficient (Wildman–Crippen LogP) is 4.42. The SMILES string of the molecule is Cc1cc2c(c3ncccc13)NS(=O)(=O)c1ccc(C(=O)OC3CCCC3)cc1-2. The highest BCUT2D eigenvalue weighted by molar-refractivity contribution is 7.93. The molecule has 3 aromatic rings. The van der Waals surface area contributed by atoms with Gasteiger partial charge in [0.2, 0.25) is 0 Å². The lowest BCUT2D eigenvalue weighted by molar-refractivity contribution is 0.0318. The van der Waals surface area contributed by atoms with E-state index in [0.717, 1.165) is 36.6 Å². The van der Waals surface area contributed by atoms with Crippen molar-refractivity contribution in [3.8, 4) is 11.1 Å². The van der Waals surface area contributed by atoms with Crippen LogP contribution < -0.4 is 4.72 Å². The molecule has 1 aromatic heterocycles. The van der Waals surface area contributed by atoms with Gasteiger partial charge in [0.15, 0.2) is 0 Å². The van der Waals surface area contributed by atoms with Gasteiger partial charge >= 0.3 is 5.97 Å². The Hall–Kier alpha value is -2.93. The highest BCUT2D eigenvalue weighted by Gasteiger charge is 2.31. The Bertz CT molecular complexity index is 1260. The van der Waals surface area contributed by atoms with E-state index in [0.29, 0.717) is 27.9 Å². The van der Waals surface area contributed by atoms with E-state index in [2.05, 4.69) is 9.71 Å². The van der Waals surface area contributed by atoms with E-state index in [9.17, 15) is 13.2 Å². The van der Waals surface area contributed by atoms with Gasteiger partial charge in [-0.05, 0) is 68.5 Å². The Morgan fingerprint density at radius 1 is 1.14 bits per heavy atom. The Morgan fingerprint density at radius 3 is 2.72 bits per heavy atom. The van der Waals surface area contributed by atoms with Gasteiger partial charge in [-0.1, -0.05) is 6.07 Å². The Balaban J connectivity index is 1.67. The normalized spacial score (nSPS) is 17.4. The van der Waals surface area contributed by atoms with Gasteiger partial charge < -0.3 is 4.74 Å². The molecule has 2 heterocycles. The summed E-state index contributed by atoms with van der Waals surface area (Å²) in [4.78, 5) is 17.2. The van der Waals surface area contributed by atoms with Crippen LogP contribution in [0.15, 0.2) is 47.5 Å². The fourth-order valence-corrected chi connectivity index (χ4v) is 5.54. The first kappa shape index (κ1) is 18.1. The van der Waals surface area contributed by atoms with Crippen molar-refractivity contribution in [1.29, 1.82) is 0 Å². The zero-order valence-electron chi connectivity index (χ0n) is 15.9. The van der Waals surface area contributed by atoms with Crippen molar-refractivity contribution in [1.82, 2.24) is 4.98 Å². The molecule has 0 radical (unpaired) electrons. The van der Waals surface area contributed by atoms with Crippen molar-refractivity contribution < 1.29 is 17.9 Å². The van der Waals surface area contributed by atoms with Gasteiger partial charge in [0.25, 0.3) is 10.0 Å². The molecule has 2 aromatic carbocycles. The van der Waals surface area contributed by atoms with Gasteiger partial charge in [-0.15, -0.1) is 0 Å². The number of sulfonamides is 1. The Kier molecular flexibility index (Phi) is 4.10. The third-order valence-electron chi connectivity index (χ3n) is 5.71. The topological polar surface area (TPSA) is 85.4 Å². The monoisotopic (exact) mass is 408 g/mol. The van der Waals surface area contributed by atoms with E-state index < -0.39 is 16.0 Å². The van der Waals surface area contributed by atoms with Crippen LogP contribution in [0.3, 0.4) is 0 Å². The molecular weight excluding hydrogens is 388 g/mol. The zero-order chi connectivity index (χ0) is 20.2. The average Bonchev–Trinajstić information content (AvgIpc) is 3.22. The van der Waals surface area contributed by atoms with E-state index in [-0.39, 0.29) is 11.0 Å². The molecule has 0 amide bonds. The molecule has 0 atom stereocenters. The molecule has 1 N–H and O–H groups in total. The number of hydrogen-bond acceptors (Lipinski definition) is 5. The van der Waals surface area contributed by atoms with Crippen molar-refractivity contribution in [2.75, 3.05) is 4.72 Å². The second-order valence-corrected chi connectivity index (χ2v) is 9.29. The molecule has 29 heavy (non-hydrogen) atoms. The van der Waals surface area contributed by atoms with Crippen LogP contribution in [0.1, 0.15) is 41.6 Å². The number of nitrogens with zero attached hydrogens (tertiary/aromatic N) is 1. The molecule has 2 aliphatic rings. The number of ether oxygens (including phenoxy) is 1. The van der Waals surface area contributed by atoms with Gasteiger partial charge in [-0.3, -0.25) is 9.71 Å². The van der Waals surface area contributed by atoms with Crippen LogP contribution in [0.25, 0.3) is 22.0 Å². The smallest absolute Gasteiger partial charge is 0.338 e. The van der Waals surface area contributed by atoms with E-state index in [4.69, 9.17) is 4.74 Å². The van der Waals surface area contributed by atoms with Crippen molar-refractivity contribution in [2.45, 2.75) is 43.6 Å². The molecule has 148 valence electrons. The van der Waals surface area contributed by atoms with Crippen molar-refractivity contribution in [3.63, 3.8) is 0 Å². The largest absolute Gasteiger partial charge is 0.459 e.